The van der Waals surface area contributed by atoms with Crippen LogP contribution in [0.2, 0.25) is 0 Å². The van der Waals surface area contributed by atoms with Gasteiger partial charge in [-0.25, -0.2) is 0 Å². The minimum atomic E-state index is 0.777. The molecule has 0 spiro atoms. The summed E-state index contributed by atoms with van der Waals surface area (Å²) in [4.78, 5) is 0. The molecule has 2 aromatic rings. The fraction of sp³-hybridized carbons (Fsp3) is 0.167. The van der Waals surface area contributed by atoms with E-state index in [2.05, 4.69) is 6.07 Å². The molecular formula is C12H12NO2. The molecule has 1 aromatic heterocycles. The number of aromatic nitrogens is 1. The van der Waals surface area contributed by atoms with Crippen molar-refractivity contribution in [2.45, 2.75) is 0 Å². The van der Waals surface area contributed by atoms with Gasteiger partial charge < -0.3 is 14.0 Å². The van der Waals surface area contributed by atoms with Crippen molar-refractivity contribution < 1.29 is 9.47 Å². The Morgan fingerprint density at radius 2 is 2.07 bits per heavy atom. The summed E-state index contributed by atoms with van der Waals surface area (Å²) < 4.78 is 12.4. The molecule has 15 heavy (non-hydrogen) atoms. The van der Waals surface area contributed by atoms with Gasteiger partial charge in [-0.3, -0.25) is 0 Å². The molecule has 0 fully saturated rings. The Balaban J connectivity index is 2.48. The van der Waals surface area contributed by atoms with Gasteiger partial charge in [-0.05, 0) is 18.2 Å². The SMILES string of the molecule is COc1ccc(-n2c[c]cc2)c(OC)c1. The summed E-state index contributed by atoms with van der Waals surface area (Å²) in [5, 5.41) is 0. The number of benzene rings is 1. The summed E-state index contributed by atoms with van der Waals surface area (Å²) in [6.07, 6.45) is 3.77. The predicted molar refractivity (Wildman–Crippen MR) is 57.7 cm³/mol. The van der Waals surface area contributed by atoms with E-state index in [9.17, 15) is 0 Å². The Kier molecular flexibility index (Phi) is 2.63. The molecule has 77 valence electrons. The van der Waals surface area contributed by atoms with Crippen LogP contribution in [0, 0.1) is 6.07 Å². The Hall–Kier alpha value is -1.90. The highest BCUT2D eigenvalue weighted by atomic mass is 16.5. The van der Waals surface area contributed by atoms with E-state index in [-0.39, 0.29) is 0 Å². The van der Waals surface area contributed by atoms with Gasteiger partial charge in [0.25, 0.3) is 0 Å². The van der Waals surface area contributed by atoms with Crippen LogP contribution in [0.5, 0.6) is 11.5 Å². The Bertz CT molecular complexity index is 435. The summed E-state index contributed by atoms with van der Waals surface area (Å²) >= 11 is 0. The second-order valence-electron chi connectivity index (χ2n) is 3.06. The van der Waals surface area contributed by atoms with Gasteiger partial charge in [0.05, 0.1) is 19.9 Å². The highest BCUT2D eigenvalue weighted by Crippen LogP contribution is 2.27. The molecule has 0 amide bonds. The summed E-state index contributed by atoms with van der Waals surface area (Å²) in [6.45, 7) is 0. The lowest BCUT2D eigenvalue weighted by Crippen LogP contribution is -1.95. The molecule has 1 radical (unpaired) electrons. The number of hydrogen-bond donors (Lipinski definition) is 0. The van der Waals surface area contributed by atoms with E-state index in [4.69, 9.17) is 9.47 Å². The fourth-order valence-electron chi connectivity index (χ4n) is 1.44. The molecule has 0 unspecified atom stereocenters. The van der Waals surface area contributed by atoms with Crippen LogP contribution < -0.4 is 9.47 Å². The standard InChI is InChI=1S/C12H12NO2/c1-14-10-5-6-11(12(9-10)15-2)13-7-3-4-8-13/h3,5-9H,1-2H3. The van der Waals surface area contributed by atoms with E-state index in [1.165, 1.54) is 0 Å². The Morgan fingerprint density at radius 1 is 1.20 bits per heavy atom. The minimum Gasteiger partial charge on any atom is -0.497 e. The van der Waals surface area contributed by atoms with Crippen LogP contribution in [0.15, 0.2) is 36.7 Å². The number of hydrogen-bond acceptors (Lipinski definition) is 2. The van der Waals surface area contributed by atoms with Gasteiger partial charge in [-0.1, -0.05) is 0 Å². The van der Waals surface area contributed by atoms with Crippen LogP contribution >= 0.6 is 0 Å². The summed E-state index contributed by atoms with van der Waals surface area (Å²) in [7, 11) is 3.28. The van der Waals surface area contributed by atoms with Crippen LogP contribution in [-0.2, 0) is 0 Å². The quantitative estimate of drug-likeness (QED) is 0.762. The third-order valence-electron chi connectivity index (χ3n) is 2.21. The van der Waals surface area contributed by atoms with Crippen molar-refractivity contribution in [3.05, 3.63) is 42.7 Å². The summed E-state index contributed by atoms with van der Waals surface area (Å²) in [5.74, 6) is 1.56. The number of nitrogens with zero attached hydrogens (tertiary/aromatic N) is 1. The topological polar surface area (TPSA) is 23.4 Å². The van der Waals surface area contributed by atoms with Crippen LogP contribution in [-0.4, -0.2) is 18.8 Å². The van der Waals surface area contributed by atoms with Gasteiger partial charge >= 0.3 is 0 Å². The molecule has 0 bridgehead atoms. The molecule has 1 heterocycles. The Labute approximate surface area is 88.9 Å². The second kappa shape index (κ2) is 4.09. The van der Waals surface area contributed by atoms with Gasteiger partial charge in [0, 0.05) is 24.5 Å². The molecular weight excluding hydrogens is 190 g/mol. The first-order chi connectivity index (χ1) is 7.35. The van der Waals surface area contributed by atoms with Crippen molar-refractivity contribution in [3.63, 3.8) is 0 Å². The van der Waals surface area contributed by atoms with Gasteiger partial charge in [-0.2, -0.15) is 0 Å². The first kappa shape index (κ1) is 9.65. The third-order valence-corrected chi connectivity index (χ3v) is 2.21. The number of ether oxygens (including phenoxy) is 2. The second-order valence-corrected chi connectivity index (χ2v) is 3.06. The van der Waals surface area contributed by atoms with Crippen LogP contribution in [0.3, 0.4) is 0 Å². The molecule has 0 saturated carbocycles. The van der Waals surface area contributed by atoms with E-state index in [1.807, 2.05) is 41.2 Å². The van der Waals surface area contributed by atoms with Gasteiger partial charge in [0.2, 0.25) is 0 Å². The zero-order chi connectivity index (χ0) is 10.7. The van der Waals surface area contributed by atoms with Crippen molar-refractivity contribution in [1.82, 2.24) is 4.57 Å². The van der Waals surface area contributed by atoms with Crippen LogP contribution in [0.1, 0.15) is 0 Å². The first-order valence-corrected chi connectivity index (χ1v) is 4.61. The smallest absolute Gasteiger partial charge is 0.146 e. The van der Waals surface area contributed by atoms with Crippen LogP contribution in [0.25, 0.3) is 5.69 Å². The normalized spacial score (nSPS) is 10.0. The van der Waals surface area contributed by atoms with Crippen molar-refractivity contribution in [2.24, 2.45) is 0 Å². The van der Waals surface area contributed by atoms with E-state index < -0.39 is 0 Å². The van der Waals surface area contributed by atoms with Gasteiger partial charge in [-0.15, -0.1) is 0 Å². The lowest BCUT2D eigenvalue weighted by Gasteiger charge is -2.10. The number of methoxy groups -OCH3 is 2. The molecule has 0 aliphatic heterocycles. The lowest BCUT2D eigenvalue weighted by atomic mass is 10.2. The van der Waals surface area contributed by atoms with Crippen molar-refractivity contribution in [2.75, 3.05) is 14.2 Å². The van der Waals surface area contributed by atoms with Crippen molar-refractivity contribution in [1.29, 1.82) is 0 Å². The van der Waals surface area contributed by atoms with E-state index in [0.717, 1.165) is 17.2 Å². The molecule has 3 heteroatoms. The molecule has 1 aromatic carbocycles. The molecule has 3 nitrogen and oxygen atoms in total. The Morgan fingerprint density at radius 3 is 2.67 bits per heavy atom. The molecule has 0 aliphatic carbocycles. The molecule has 0 atom stereocenters. The van der Waals surface area contributed by atoms with Crippen LogP contribution in [0.4, 0.5) is 0 Å². The fourth-order valence-corrected chi connectivity index (χ4v) is 1.44. The molecule has 0 aliphatic rings. The number of rotatable bonds is 3. The average molecular weight is 202 g/mol. The third kappa shape index (κ3) is 1.81. The van der Waals surface area contributed by atoms with E-state index in [1.54, 1.807) is 14.2 Å². The molecule has 0 N–H and O–H groups in total. The van der Waals surface area contributed by atoms with Crippen molar-refractivity contribution >= 4 is 0 Å². The molecule has 2 rings (SSSR count). The van der Waals surface area contributed by atoms with Crippen molar-refractivity contribution in [3.8, 4) is 17.2 Å². The molecule has 0 saturated heterocycles. The monoisotopic (exact) mass is 202 g/mol. The summed E-state index contributed by atoms with van der Waals surface area (Å²) in [6, 6.07) is 10.5. The predicted octanol–water partition coefficient (Wildman–Crippen LogP) is 2.29. The van der Waals surface area contributed by atoms with Gasteiger partial charge in [0.15, 0.2) is 0 Å². The average Bonchev–Trinajstić information content (AvgIpc) is 2.81. The first-order valence-electron chi connectivity index (χ1n) is 4.61. The van der Waals surface area contributed by atoms with E-state index in [0.29, 0.717) is 0 Å². The van der Waals surface area contributed by atoms with E-state index >= 15 is 0 Å². The minimum absolute atomic E-state index is 0.777. The lowest BCUT2D eigenvalue weighted by molar-refractivity contribution is 0.393. The zero-order valence-electron chi connectivity index (χ0n) is 8.73. The maximum atomic E-state index is 5.30. The van der Waals surface area contributed by atoms with Gasteiger partial charge in [0.1, 0.15) is 11.5 Å². The maximum Gasteiger partial charge on any atom is 0.146 e. The highest BCUT2D eigenvalue weighted by molar-refractivity contribution is 5.51. The highest BCUT2D eigenvalue weighted by Gasteiger charge is 2.05. The maximum absolute atomic E-state index is 5.30. The summed E-state index contributed by atoms with van der Waals surface area (Å²) in [5.41, 5.74) is 0.972. The zero-order valence-corrected chi connectivity index (χ0v) is 8.73. The largest absolute Gasteiger partial charge is 0.497 e.